The van der Waals surface area contributed by atoms with Gasteiger partial charge in [-0.05, 0) is 48.5 Å². The van der Waals surface area contributed by atoms with Crippen LogP contribution in [0.25, 0.3) is 22.2 Å². The zero-order valence-electron chi connectivity index (χ0n) is 16.1. The van der Waals surface area contributed by atoms with Gasteiger partial charge in [-0.15, -0.1) is 0 Å². The van der Waals surface area contributed by atoms with E-state index in [0.29, 0.717) is 24.9 Å². The summed E-state index contributed by atoms with van der Waals surface area (Å²) in [5.74, 6) is 1.91. The lowest BCUT2D eigenvalue weighted by Gasteiger charge is -2.14. The lowest BCUT2D eigenvalue weighted by molar-refractivity contribution is 0.261. The van der Waals surface area contributed by atoms with E-state index in [1.807, 2.05) is 38.2 Å². The second kappa shape index (κ2) is 8.23. The molecule has 0 bridgehead atoms. The number of rotatable bonds is 7. The molecule has 1 aromatic heterocycles. The fraction of sp³-hybridized carbons (Fsp3) is 0.217. The number of hydrogen-bond acceptors (Lipinski definition) is 5. The van der Waals surface area contributed by atoms with E-state index < -0.39 is 0 Å². The predicted octanol–water partition coefficient (Wildman–Crippen LogP) is 4.92. The van der Waals surface area contributed by atoms with E-state index in [-0.39, 0.29) is 0 Å². The van der Waals surface area contributed by atoms with Crippen LogP contribution in [0.3, 0.4) is 0 Å². The summed E-state index contributed by atoms with van der Waals surface area (Å²) in [5, 5.41) is 6.64. The Labute approximate surface area is 164 Å². The third-order valence-electron chi connectivity index (χ3n) is 4.57. The second-order valence-corrected chi connectivity index (χ2v) is 6.79. The number of hydrogen-bond donors (Lipinski definition) is 0. The molecular formula is C23H23N3O2. The minimum absolute atomic E-state index is 0.554. The molecule has 0 fully saturated rings. The van der Waals surface area contributed by atoms with Gasteiger partial charge in [-0.3, -0.25) is 4.90 Å². The van der Waals surface area contributed by atoms with Gasteiger partial charge in [0.2, 0.25) is 11.7 Å². The van der Waals surface area contributed by atoms with Crippen LogP contribution in [0, 0.1) is 0 Å². The van der Waals surface area contributed by atoms with Crippen molar-refractivity contribution in [1.82, 2.24) is 15.0 Å². The summed E-state index contributed by atoms with van der Waals surface area (Å²) in [5.41, 5.74) is 2.10. The molecular weight excluding hydrogens is 350 g/mol. The fourth-order valence-electron chi connectivity index (χ4n) is 3.30. The molecule has 0 N–H and O–H groups in total. The summed E-state index contributed by atoms with van der Waals surface area (Å²) in [4.78, 5) is 6.72. The number of ether oxygens (including phenoxy) is 1. The van der Waals surface area contributed by atoms with Crippen molar-refractivity contribution in [1.29, 1.82) is 0 Å². The molecule has 0 unspecified atom stereocenters. The molecule has 4 aromatic rings. The number of benzene rings is 3. The first kappa shape index (κ1) is 18.2. The van der Waals surface area contributed by atoms with Crippen molar-refractivity contribution in [2.45, 2.75) is 20.0 Å². The monoisotopic (exact) mass is 373 g/mol. The maximum absolute atomic E-state index is 5.66. The third-order valence-corrected chi connectivity index (χ3v) is 4.57. The maximum Gasteiger partial charge on any atom is 0.241 e. The highest BCUT2D eigenvalue weighted by Gasteiger charge is 2.14. The quantitative estimate of drug-likeness (QED) is 0.460. The van der Waals surface area contributed by atoms with Crippen molar-refractivity contribution < 1.29 is 9.26 Å². The Hall–Kier alpha value is -3.18. The van der Waals surface area contributed by atoms with E-state index in [1.165, 1.54) is 16.3 Å². The van der Waals surface area contributed by atoms with Crippen LogP contribution in [0.1, 0.15) is 18.4 Å². The van der Waals surface area contributed by atoms with E-state index >= 15 is 0 Å². The van der Waals surface area contributed by atoms with Crippen LogP contribution in [0.4, 0.5) is 0 Å². The van der Waals surface area contributed by atoms with Crippen molar-refractivity contribution in [3.63, 3.8) is 0 Å². The number of fused-ring (bicyclic) bond motifs is 1. The average Bonchev–Trinajstić information content (AvgIpc) is 3.16. The highest BCUT2D eigenvalue weighted by Crippen LogP contribution is 2.27. The molecule has 0 spiro atoms. The Bertz CT molecular complexity index is 1070. The van der Waals surface area contributed by atoms with Crippen LogP contribution < -0.4 is 4.74 Å². The molecule has 0 saturated carbocycles. The van der Waals surface area contributed by atoms with Crippen molar-refractivity contribution in [3.8, 4) is 17.1 Å². The molecule has 0 aliphatic carbocycles. The van der Waals surface area contributed by atoms with Gasteiger partial charge in [0, 0.05) is 6.54 Å². The van der Waals surface area contributed by atoms with Crippen LogP contribution in [0.15, 0.2) is 71.3 Å². The van der Waals surface area contributed by atoms with Crippen molar-refractivity contribution >= 4 is 10.8 Å². The van der Waals surface area contributed by atoms with Gasteiger partial charge in [0.1, 0.15) is 5.75 Å². The summed E-state index contributed by atoms with van der Waals surface area (Å²) < 4.78 is 11.1. The Morgan fingerprint density at radius 2 is 1.71 bits per heavy atom. The van der Waals surface area contributed by atoms with Gasteiger partial charge in [0.05, 0.1) is 18.7 Å². The first-order chi connectivity index (χ1) is 13.7. The summed E-state index contributed by atoms with van der Waals surface area (Å²) in [6, 6.07) is 22.7. The zero-order chi connectivity index (χ0) is 19.3. The van der Waals surface area contributed by atoms with Crippen LogP contribution >= 0.6 is 0 Å². The minimum atomic E-state index is 0.554. The number of para-hydroxylation sites is 1. The molecule has 0 aliphatic rings. The summed E-state index contributed by atoms with van der Waals surface area (Å²) in [6.07, 6.45) is 0. The molecule has 4 rings (SSSR count). The van der Waals surface area contributed by atoms with Gasteiger partial charge in [0.25, 0.3) is 0 Å². The van der Waals surface area contributed by atoms with Gasteiger partial charge in [0.15, 0.2) is 0 Å². The highest BCUT2D eigenvalue weighted by molar-refractivity contribution is 5.82. The van der Waals surface area contributed by atoms with Gasteiger partial charge in [-0.1, -0.05) is 53.7 Å². The molecule has 0 aliphatic heterocycles. The van der Waals surface area contributed by atoms with Gasteiger partial charge < -0.3 is 9.26 Å². The molecule has 0 saturated heterocycles. The fourth-order valence-corrected chi connectivity index (χ4v) is 3.30. The first-order valence-corrected chi connectivity index (χ1v) is 9.44. The van der Waals surface area contributed by atoms with Crippen molar-refractivity contribution in [2.75, 3.05) is 13.7 Å². The van der Waals surface area contributed by atoms with Gasteiger partial charge in [-0.2, -0.15) is 4.98 Å². The normalized spacial score (nSPS) is 11.2. The molecule has 28 heavy (non-hydrogen) atoms. The van der Waals surface area contributed by atoms with Crippen LogP contribution in [0.5, 0.6) is 5.75 Å². The molecule has 3 aromatic carbocycles. The molecule has 5 heteroatoms. The zero-order valence-corrected chi connectivity index (χ0v) is 16.1. The summed E-state index contributed by atoms with van der Waals surface area (Å²) in [7, 11) is 2.05. The minimum Gasteiger partial charge on any atom is -0.493 e. The highest BCUT2D eigenvalue weighted by atomic mass is 16.5. The maximum atomic E-state index is 5.66. The second-order valence-electron chi connectivity index (χ2n) is 6.79. The lowest BCUT2D eigenvalue weighted by atomic mass is 10.1. The van der Waals surface area contributed by atoms with Crippen molar-refractivity contribution in [2.24, 2.45) is 0 Å². The van der Waals surface area contributed by atoms with Crippen LogP contribution in [-0.2, 0) is 13.1 Å². The van der Waals surface area contributed by atoms with Crippen LogP contribution in [0.2, 0.25) is 0 Å². The van der Waals surface area contributed by atoms with E-state index in [2.05, 4.69) is 57.5 Å². The third kappa shape index (κ3) is 4.05. The number of aromatic nitrogens is 2. The molecule has 1 heterocycles. The lowest BCUT2D eigenvalue weighted by Crippen LogP contribution is -2.17. The predicted molar refractivity (Wildman–Crippen MR) is 110 cm³/mol. The average molecular weight is 373 g/mol. The topological polar surface area (TPSA) is 51.4 Å². The van der Waals surface area contributed by atoms with E-state index in [9.17, 15) is 0 Å². The standard InChI is InChI=1S/C23H23N3O2/c1-3-27-21-11-7-6-10-20(21)23-24-22(28-25-23)16-26(2)15-17-12-13-18-8-4-5-9-19(18)14-17/h4-14H,3,15-16H2,1-2H3. The van der Waals surface area contributed by atoms with E-state index in [4.69, 9.17) is 9.26 Å². The molecule has 5 nitrogen and oxygen atoms in total. The van der Waals surface area contributed by atoms with E-state index in [1.54, 1.807) is 0 Å². The van der Waals surface area contributed by atoms with Crippen molar-refractivity contribution in [3.05, 3.63) is 78.2 Å². The largest absolute Gasteiger partial charge is 0.493 e. The Morgan fingerprint density at radius 1 is 0.929 bits per heavy atom. The molecule has 142 valence electrons. The Balaban J connectivity index is 1.46. The number of nitrogens with zero attached hydrogens (tertiary/aromatic N) is 3. The summed E-state index contributed by atoms with van der Waals surface area (Å²) in [6.45, 7) is 3.94. The van der Waals surface area contributed by atoms with E-state index in [0.717, 1.165) is 17.9 Å². The Morgan fingerprint density at radius 3 is 2.57 bits per heavy atom. The molecule has 0 atom stereocenters. The summed E-state index contributed by atoms with van der Waals surface area (Å²) >= 11 is 0. The smallest absolute Gasteiger partial charge is 0.241 e. The molecule has 0 radical (unpaired) electrons. The van der Waals surface area contributed by atoms with Gasteiger partial charge >= 0.3 is 0 Å². The first-order valence-electron chi connectivity index (χ1n) is 9.44. The Kier molecular flexibility index (Phi) is 5.35. The molecule has 0 amide bonds. The SMILES string of the molecule is CCOc1ccccc1-c1noc(CN(C)Cc2ccc3ccccc3c2)n1. The van der Waals surface area contributed by atoms with Gasteiger partial charge in [-0.25, -0.2) is 0 Å². The van der Waals surface area contributed by atoms with Crippen LogP contribution in [-0.4, -0.2) is 28.7 Å².